The lowest BCUT2D eigenvalue weighted by Gasteiger charge is -2.12. The number of nitrogens with one attached hydrogen (secondary N) is 1. The van der Waals surface area contributed by atoms with Gasteiger partial charge in [0.1, 0.15) is 12.0 Å². The summed E-state index contributed by atoms with van der Waals surface area (Å²) in [6.07, 6.45) is 3.83. The van der Waals surface area contributed by atoms with Gasteiger partial charge in [-0.05, 0) is 44.0 Å². The van der Waals surface area contributed by atoms with Crippen molar-refractivity contribution in [1.82, 2.24) is 19.5 Å². The molecule has 1 saturated heterocycles. The van der Waals surface area contributed by atoms with E-state index in [2.05, 4.69) is 42.9 Å². The molecule has 3 heterocycles. The maximum Gasteiger partial charge on any atom is 0.194 e. The summed E-state index contributed by atoms with van der Waals surface area (Å²) in [7, 11) is 0. The Hall–Kier alpha value is -1.94. The summed E-state index contributed by atoms with van der Waals surface area (Å²) in [6, 6.07) is 7.78. The van der Waals surface area contributed by atoms with Crippen molar-refractivity contribution < 1.29 is 9.47 Å². The summed E-state index contributed by atoms with van der Waals surface area (Å²) >= 11 is 2.13. The fourth-order valence-corrected chi connectivity index (χ4v) is 3.38. The van der Waals surface area contributed by atoms with Gasteiger partial charge in [-0.15, -0.1) is 0 Å². The van der Waals surface area contributed by atoms with Gasteiger partial charge in [0, 0.05) is 34.9 Å². The van der Waals surface area contributed by atoms with Crippen molar-refractivity contribution in [2.24, 2.45) is 0 Å². The van der Waals surface area contributed by atoms with E-state index in [-0.39, 0.29) is 6.23 Å². The van der Waals surface area contributed by atoms with Crippen molar-refractivity contribution in [2.45, 2.75) is 26.0 Å². The maximum atomic E-state index is 5.77. The number of hydrogen-bond acceptors (Lipinski definition) is 6. The predicted octanol–water partition coefficient (Wildman–Crippen LogP) is 3.88. The van der Waals surface area contributed by atoms with Crippen molar-refractivity contribution in [3.63, 3.8) is 0 Å². The van der Waals surface area contributed by atoms with Crippen LogP contribution in [0.1, 0.15) is 26.0 Å². The Bertz CT molecular complexity index is 875. The molecule has 0 aliphatic carbocycles. The molecular weight excluding hydrogens is 433 g/mol. The number of aromatic nitrogens is 4. The number of anilines is 2. The molecule has 1 fully saturated rings. The van der Waals surface area contributed by atoms with Gasteiger partial charge >= 0.3 is 0 Å². The number of rotatable bonds is 5. The highest BCUT2D eigenvalue weighted by Crippen LogP contribution is 2.29. The Balaban J connectivity index is 1.67. The molecule has 130 valence electrons. The van der Waals surface area contributed by atoms with Gasteiger partial charge in [0.05, 0.1) is 12.9 Å². The number of imidazole rings is 1. The monoisotopic (exact) mass is 451 g/mol. The number of benzene rings is 1. The van der Waals surface area contributed by atoms with Crippen LogP contribution in [0.4, 0.5) is 11.5 Å². The highest BCUT2D eigenvalue weighted by molar-refractivity contribution is 14.1. The molecule has 1 atom stereocenters. The molecule has 2 aromatic heterocycles. The summed E-state index contributed by atoms with van der Waals surface area (Å²) in [4.78, 5) is 13.6. The van der Waals surface area contributed by atoms with Gasteiger partial charge in [0.25, 0.3) is 0 Å². The zero-order valence-electron chi connectivity index (χ0n) is 13.8. The highest BCUT2D eigenvalue weighted by Gasteiger charge is 2.22. The van der Waals surface area contributed by atoms with E-state index < -0.39 is 0 Å². The molecule has 0 radical (unpaired) electrons. The minimum Gasteiger partial charge on any atom is -0.494 e. The van der Waals surface area contributed by atoms with Gasteiger partial charge in [-0.25, -0.2) is 15.0 Å². The van der Waals surface area contributed by atoms with E-state index in [1.165, 1.54) is 0 Å². The first-order valence-electron chi connectivity index (χ1n) is 8.26. The van der Waals surface area contributed by atoms with Crippen LogP contribution in [0.3, 0.4) is 0 Å². The smallest absolute Gasteiger partial charge is 0.194 e. The topological polar surface area (TPSA) is 74.1 Å². The molecule has 1 aliphatic rings. The number of hydrogen-bond donors (Lipinski definition) is 1. The number of nitrogens with zero attached hydrogens (tertiary/aromatic N) is 4. The molecule has 0 amide bonds. The van der Waals surface area contributed by atoms with Gasteiger partial charge < -0.3 is 14.8 Å². The minimum atomic E-state index is 0.00836. The van der Waals surface area contributed by atoms with Gasteiger partial charge in [0.15, 0.2) is 20.8 Å². The molecule has 4 rings (SSSR count). The lowest BCUT2D eigenvalue weighted by molar-refractivity contribution is 0.0592. The average Bonchev–Trinajstić information content (AvgIpc) is 3.26. The molecule has 1 N–H and O–H groups in total. The highest BCUT2D eigenvalue weighted by atomic mass is 127. The molecule has 3 aromatic rings. The fourth-order valence-electron chi connectivity index (χ4n) is 2.91. The third-order valence-corrected chi connectivity index (χ3v) is 4.52. The summed E-state index contributed by atoms with van der Waals surface area (Å²) < 4.78 is 13.9. The SMILES string of the molecule is CCOc1ccc(Nc2nc(I)nc3c2ncn3C2CCCO2)cc1. The number of fused-ring (bicyclic) bond motifs is 1. The Morgan fingerprint density at radius 2 is 2.16 bits per heavy atom. The lowest BCUT2D eigenvalue weighted by Crippen LogP contribution is -2.08. The molecule has 0 bridgehead atoms. The lowest BCUT2D eigenvalue weighted by atomic mass is 10.3. The Labute approximate surface area is 158 Å². The molecule has 1 unspecified atom stereocenters. The molecule has 1 aromatic carbocycles. The van der Waals surface area contributed by atoms with E-state index >= 15 is 0 Å². The van der Waals surface area contributed by atoms with Crippen LogP contribution in [-0.4, -0.2) is 32.7 Å². The molecule has 7 nitrogen and oxygen atoms in total. The molecular formula is C17H18IN5O2. The third kappa shape index (κ3) is 3.40. The van der Waals surface area contributed by atoms with E-state index in [0.29, 0.717) is 16.3 Å². The van der Waals surface area contributed by atoms with Crippen LogP contribution in [0, 0.1) is 3.83 Å². The van der Waals surface area contributed by atoms with Crippen molar-refractivity contribution in [3.8, 4) is 5.75 Å². The average molecular weight is 451 g/mol. The van der Waals surface area contributed by atoms with Crippen LogP contribution in [0.25, 0.3) is 11.2 Å². The third-order valence-electron chi connectivity index (χ3n) is 4.04. The second-order valence-electron chi connectivity index (χ2n) is 5.72. The van der Waals surface area contributed by atoms with E-state index in [1.807, 2.05) is 35.8 Å². The number of halogens is 1. The Kier molecular flexibility index (Phi) is 4.71. The quantitative estimate of drug-likeness (QED) is 0.469. The fraction of sp³-hybridized carbons (Fsp3) is 0.353. The van der Waals surface area contributed by atoms with E-state index in [9.17, 15) is 0 Å². The van der Waals surface area contributed by atoms with Crippen LogP contribution in [0.5, 0.6) is 5.75 Å². The molecule has 8 heteroatoms. The van der Waals surface area contributed by atoms with E-state index in [4.69, 9.17) is 9.47 Å². The first kappa shape index (κ1) is 16.5. The molecule has 0 spiro atoms. The van der Waals surface area contributed by atoms with Crippen LogP contribution in [0.15, 0.2) is 30.6 Å². The normalized spacial score (nSPS) is 17.1. The van der Waals surface area contributed by atoms with Crippen molar-refractivity contribution in [3.05, 3.63) is 34.4 Å². The Morgan fingerprint density at radius 3 is 2.88 bits per heavy atom. The summed E-state index contributed by atoms with van der Waals surface area (Å²) in [6.45, 7) is 3.40. The Morgan fingerprint density at radius 1 is 1.32 bits per heavy atom. The second-order valence-corrected chi connectivity index (χ2v) is 6.68. The number of ether oxygens (including phenoxy) is 2. The first-order chi connectivity index (χ1) is 12.2. The molecule has 1 aliphatic heterocycles. The van der Waals surface area contributed by atoms with Crippen LogP contribution in [-0.2, 0) is 4.74 Å². The van der Waals surface area contributed by atoms with Gasteiger partial charge in [0.2, 0.25) is 0 Å². The largest absolute Gasteiger partial charge is 0.494 e. The van der Waals surface area contributed by atoms with Crippen molar-refractivity contribution >= 4 is 45.3 Å². The minimum absolute atomic E-state index is 0.00836. The standard InChI is InChI=1S/C17H18IN5O2/c1-2-24-12-7-5-11(6-8-12)20-15-14-16(22-17(18)21-15)23(10-19-14)13-4-3-9-25-13/h5-8,10,13H,2-4,9H2,1H3,(H,20,21,22). The summed E-state index contributed by atoms with van der Waals surface area (Å²) in [5.41, 5.74) is 2.45. The summed E-state index contributed by atoms with van der Waals surface area (Å²) in [5.74, 6) is 1.54. The maximum absolute atomic E-state index is 5.77. The van der Waals surface area contributed by atoms with Crippen LogP contribution in [0.2, 0.25) is 0 Å². The van der Waals surface area contributed by atoms with Gasteiger partial charge in [-0.2, -0.15) is 0 Å². The van der Waals surface area contributed by atoms with Crippen LogP contribution < -0.4 is 10.1 Å². The van der Waals surface area contributed by atoms with Crippen LogP contribution >= 0.6 is 22.6 Å². The molecule has 0 saturated carbocycles. The first-order valence-corrected chi connectivity index (χ1v) is 9.34. The zero-order chi connectivity index (χ0) is 17.2. The van der Waals surface area contributed by atoms with E-state index in [0.717, 1.165) is 42.0 Å². The van der Waals surface area contributed by atoms with Crippen molar-refractivity contribution in [1.29, 1.82) is 0 Å². The molecule has 25 heavy (non-hydrogen) atoms. The summed E-state index contributed by atoms with van der Waals surface area (Å²) in [5, 5.41) is 3.33. The predicted molar refractivity (Wildman–Crippen MR) is 103 cm³/mol. The van der Waals surface area contributed by atoms with Gasteiger partial charge in [-0.1, -0.05) is 0 Å². The van der Waals surface area contributed by atoms with E-state index in [1.54, 1.807) is 6.33 Å². The zero-order valence-corrected chi connectivity index (χ0v) is 15.9. The van der Waals surface area contributed by atoms with Crippen molar-refractivity contribution in [2.75, 3.05) is 18.5 Å². The van der Waals surface area contributed by atoms with Gasteiger partial charge in [-0.3, -0.25) is 4.57 Å². The second kappa shape index (κ2) is 7.12.